The number of esters is 1. The van der Waals surface area contributed by atoms with Crippen LogP contribution in [-0.2, 0) is 4.74 Å². The SMILES string of the molecule is COC(=O)c1ccnc(C(F)F)c1C#N. The van der Waals surface area contributed by atoms with Crippen molar-refractivity contribution >= 4 is 5.97 Å². The molecule has 0 aliphatic rings. The van der Waals surface area contributed by atoms with Crippen molar-refractivity contribution in [3.05, 3.63) is 29.1 Å². The van der Waals surface area contributed by atoms with Gasteiger partial charge in [-0.25, -0.2) is 13.6 Å². The molecule has 1 aromatic heterocycles. The highest BCUT2D eigenvalue weighted by atomic mass is 19.3. The molecule has 1 aromatic rings. The van der Waals surface area contributed by atoms with Crippen LogP contribution in [0.25, 0.3) is 0 Å². The summed E-state index contributed by atoms with van der Waals surface area (Å²) in [6.07, 6.45) is -1.86. The number of nitrogens with zero attached hydrogens (tertiary/aromatic N) is 2. The van der Waals surface area contributed by atoms with E-state index in [1.54, 1.807) is 0 Å². The fourth-order valence-electron chi connectivity index (χ4n) is 1.04. The van der Waals surface area contributed by atoms with E-state index in [-0.39, 0.29) is 5.56 Å². The lowest BCUT2D eigenvalue weighted by Gasteiger charge is -2.05. The number of alkyl halides is 2. The normalized spacial score (nSPS) is 9.80. The third-order valence-electron chi connectivity index (χ3n) is 1.70. The molecular formula is C9H6F2N2O2. The van der Waals surface area contributed by atoms with Crippen LogP contribution in [0.1, 0.15) is 28.0 Å². The maximum absolute atomic E-state index is 12.4. The quantitative estimate of drug-likeness (QED) is 0.699. The average molecular weight is 212 g/mol. The molecule has 15 heavy (non-hydrogen) atoms. The molecule has 4 nitrogen and oxygen atoms in total. The standard InChI is InChI=1S/C9H6F2N2O2/c1-15-9(14)5-2-3-13-7(8(10)11)6(5)4-12/h2-3,8H,1H3. The average Bonchev–Trinajstić information content (AvgIpc) is 2.26. The molecule has 6 heteroatoms. The Bertz CT molecular complexity index is 427. The van der Waals surface area contributed by atoms with E-state index in [1.165, 1.54) is 6.07 Å². The van der Waals surface area contributed by atoms with Crippen LogP contribution in [0, 0.1) is 11.3 Å². The van der Waals surface area contributed by atoms with Gasteiger partial charge in [-0.2, -0.15) is 5.26 Å². The summed E-state index contributed by atoms with van der Waals surface area (Å²) < 4.78 is 29.1. The minimum absolute atomic E-state index is 0.203. The van der Waals surface area contributed by atoms with Gasteiger partial charge in [0.1, 0.15) is 11.8 Å². The second-order valence-electron chi connectivity index (χ2n) is 2.52. The van der Waals surface area contributed by atoms with Gasteiger partial charge < -0.3 is 4.74 Å². The molecule has 0 atom stereocenters. The molecular weight excluding hydrogens is 206 g/mol. The second-order valence-corrected chi connectivity index (χ2v) is 2.52. The first-order valence-corrected chi connectivity index (χ1v) is 3.87. The smallest absolute Gasteiger partial charge is 0.339 e. The Morgan fingerprint density at radius 1 is 1.67 bits per heavy atom. The summed E-state index contributed by atoms with van der Waals surface area (Å²) in [7, 11) is 1.10. The van der Waals surface area contributed by atoms with Gasteiger partial charge in [0.15, 0.2) is 0 Å². The first-order chi connectivity index (χ1) is 7.11. The molecule has 0 aliphatic carbocycles. The number of carbonyl (C=O) groups excluding carboxylic acids is 1. The van der Waals surface area contributed by atoms with E-state index in [1.807, 2.05) is 0 Å². The summed E-state index contributed by atoms with van der Waals surface area (Å²) >= 11 is 0. The first-order valence-electron chi connectivity index (χ1n) is 3.87. The van der Waals surface area contributed by atoms with Crippen LogP contribution in [0.15, 0.2) is 12.3 Å². The van der Waals surface area contributed by atoms with Gasteiger partial charge in [-0.3, -0.25) is 4.98 Å². The molecule has 0 aromatic carbocycles. The number of carbonyl (C=O) groups is 1. The lowest BCUT2D eigenvalue weighted by atomic mass is 10.1. The van der Waals surface area contributed by atoms with Crippen molar-refractivity contribution in [2.24, 2.45) is 0 Å². The maximum Gasteiger partial charge on any atom is 0.339 e. The third kappa shape index (κ3) is 2.07. The largest absolute Gasteiger partial charge is 0.465 e. The molecule has 0 amide bonds. The molecule has 0 spiro atoms. The zero-order chi connectivity index (χ0) is 11.4. The molecule has 0 unspecified atom stereocenters. The zero-order valence-electron chi connectivity index (χ0n) is 7.70. The van der Waals surface area contributed by atoms with Crippen molar-refractivity contribution in [1.29, 1.82) is 5.26 Å². The molecule has 0 aliphatic heterocycles. The third-order valence-corrected chi connectivity index (χ3v) is 1.70. The monoisotopic (exact) mass is 212 g/mol. The molecule has 78 valence electrons. The van der Waals surface area contributed by atoms with E-state index in [9.17, 15) is 13.6 Å². The molecule has 1 heterocycles. The number of hydrogen-bond donors (Lipinski definition) is 0. The Morgan fingerprint density at radius 3 is 2.80 bits per heavy atom. The molecule has 0 N–H and O–H groups in total. The first kappa shape index (κ1) is 11.0. The molecule has 1 rings (SSSR count). The van der Waals surface area contributed by atoms with Gasteiger partial charge in [-0.1, -0.05) is 0 Å². The van der Waals surface area contributed by atoms with E-state index in [4.69, 9.17) is 5.26 Å². The highest BCUT2D eigenvalue weighted by molar-refractivity contribution is 5.92. The van der Waals surface area contributed by atoms with Gasteiger partial charge in [0.25, 0.3) is 6.43 Å². The topological polar surface area (TPSA) is 63.0 Å². The summed E-state index contributed by atoms with van der Waals surface area (Å²) in [6.45, 7) is 0. The summed E-state index contributed by atoms with van der Waals surface area (Å²) in [6, 6.07) is 2.68. The Hall–Kier alpha value is -2.03. The zero-order valence-corrected chi connectivity index (χ0v) is 7.70. The molecule has 0 saturated heterocycles. The van der Waals surface area contributed by atoms with Crippen molar-refractivity contribution in [2.75, 3.05) is 7.11 Å². The molecule has 0 fully saturated rings. The number of halogens is 2. The van der Waals surface area contributed by atoms with Crippen LogP contribution in [0.2, 0.25) is 0 Å². The summed E-state index contributed by atoms with van der Waals surface area (Å²) in [5, 5.41) is 8.66. The molecule has 0 radical (unpaired) electrons. The van der Waals surface area contributed by atoms with Gasteiger partial charge in [0.05, 0.1) is 18.2 Å². The van der Waals surface area contributed by atoms with E-state index in [0.29, 0.717) is 0 Å². The van der Waals surface area contributed by atoms with Crippen molar-refractivity contribution in [2.45, 2.75) is 6.43 Å². The van der Waals surface area contributed by atoms with Crippen LogP contribution >= 0.6 is 0 Å². The maximum atomic E-state index is 12.4. The van der Waals surface area contributed by atoms with Crippen molar-refractivity contribution in [1.82, 2.24) is 4.98 Å². The van der Waals surface area contributed by atoms with Crippen LogP contribution < -0.4 is 0 Å². The highest BCUT2D eigenvalue weighted by Crippen LogP contribution is 2.22. The van der Waals surface area contributed by atoms with Crippen LogP contribution in [-0.4, -0.2) is 18.1 Å². The lowest BCUT2D eigenvalue weighted by molar-refractivity contribution is 0.0599. The summed E-state index contributed by atoms with van der Waals surface area (Å²) in [5.74, 6) is -0.837. The molecule has 0 bridgehead atoms. The number of methoxy groups -OCH3 is 1. The number of nitriles is 1. The van der Waals surface area contributed by atoms with Gasteiger partial charge >= 0.3 is 5.97 Å². The Balaban J connectivity index is 3.36. The predicted octanol–water partition coefficient (Wildman–Crippen LogP) is 1.68. The van der Waals surface area contributed by atoms with Crippen LogP contribution in [0.5, 0.6) is 0 Å². The Morgan fingerprint density at radius 2 is 2.33 bits per heavy atom. The summed E-state index contributed by atoms with van der Waals surface area (Å²) in [5.41, 5.74) is -1.36. The minimum Gasteiger partial charge on any atom is -0.465 e. The Labute approximate surface area is 84.1 Å². The van der Waals surface area contributed by atoms with E-state index in [0.717, 1.165) is 19.4 Å². The van der Waals surface area contributed by atoms with E-state index >= 15 is 0 Å². The second kappa shape index (κ2) is 4.46. The fourth-order valence-corrected chi connectivity index (χ4v) is 1.04. The molecule has 0 saturated carbocycles. The van der Waals surface area contributed by atoms with E-state index in [2.05, 4.69) is 9.72 Å². The van der Waals surface area contributed by atoms with Crippen molar-refractivity contribution in [3.8, 4) is 6.07 Å². The highest BCUT2D eigenvalue weighted by Gasteiger charge is 2.21. The van der Waals surface area contributed by atoms with Gasteiger partial charge in [0.2, 0.25) is 0 Å². The number of hydrogen-bond acceptors (Lipinski definition) is 4. The predicted molar refractivity (Wildman–Crippen MR) is 45.2 cm³/mol. The van der Waals surface area contributed by atoms with Gasteiger partial charge in [0, 0.05) is 6.20 Å². The van der Waals surface area contributed by atoms with Crippen LogP contribution in [0.4, 0.5) is 8.78 Å². The van der Waals surface area contributed by atoms with Crippen molar-refractivity contribution in [3.63, 3.8) is 0 Å². The fraction of sp³-hybridized carbons (Fsp3) is 0.222. The van der Waals surface area contributed by atoms with Gasteiger partial charge in [-0.05, 0) is 6.07 Å². The van der Waals surface area contributed by atoms with E-state index < -0.39 is 23.7 Å². The number of pyridine rings is 1. The van der Waals surface area contributed by atoms with Gasteiger partial charge in [-0.15, -0.1) is 0 Å². The number of rotatable bonds is 2. The number of aromatic nitrogens is 1. The number of ether oxygens (including phenoxy) is 1. The minimum atomic E-state index is -2.90. The summed E-state index contributed by atoms with van der Waals surface area (Å²) in [4.78, 5) is 14.5. The van der Waals surface area contributed by atoms with Crippen molar-refractivity contribution < 1.29 is 18.3 Å². The van der Waals surface area contributed by atoms with Crippen LogP contribution in [0.3, 0.4) is 0 Å². The lowest BCUT2D eigenvalue weighted by Crippen LogP contribution is -2.08. The Kier molecular flexibility index (Phi) is 3.29.